The molecule has 2 fully saturated rings. The van der Waals surface area contributed by atoms with E-state index in [1.54, 1.807) is 0 Å². The molecule has 1 unspecified atom stereocenters. The maximum atomic E-state index is 3.89. The average Bonchev–Trinajstić information content (AvgIpc) is 2.43. The number of nitrogens with one attached hydrogen (secondary N) is 1. The SMILES string of the molecule is CC(NC1CC(c2cccc(Br)c2)C1)C1CCCCC1. The van der Waals surface area contributed by atoms with Gasteiger partial charge in [0.05, 0.1) is 0 Å². The minimum Gasteiger partial charge on any atom is -0.311 e. The van der Waals surface area contributed by atoms with E-state index < -0.39 is 0 Å². The van der Waals surface area contributed by atoms with Crippen LogP contribution in [-0.4, -0.2) is 12.1 Å². The molecular formula is C18H26BrN. The summed E-state index contributed by atoms with van der Waals surface area (Å²) in [5.74, 6) is 1.69. The van der Waals surface area contributed by atoms with E-state index in [0.29, 0.717) is 6.04 Å². The highest BCUT2D eigenvalue weighted by Gasteiger charge is 2.32. The van der Waals surface area contributed by atoms with Crippen molar-refractivity contribution in [3.8, 4) is 0 Å². The van der Waals surface area contributed by atoms with Crippen molar-refractivity contribution >= 4 is 15.9 Å². The van der Waals surface area contributed by atoms with Gasteiger partial charge in [-0.15, -0.1) is 0 Å². The van der Waals surface area contributed by atoms with Crippen LogP contribution in [0.2, 0.25) is 0 Å². The molecule has 0 saturated heterocycles. The fourth-order valence-corrected chi connectivity index (χ4v) is 4.35. The Kier molecular flexibility index (Phi) is 4.83. The Morgan fingerprint density at radius 3 is 2.60 bits per heavy atom. The Balaban J connectivity index is 1.46. The lowest BCUT2D eigenvalue weighted by molar-refractivity contribution is 0.211. The van der Waals surface area contributed by atoms with Gasteiger partial charge in [-0.3, -0.25) is 0 Å². The number of halogens is 1. The van der Waals surface area contributed by atoms with Crippen LogP contribution in [0.4, 0.5) is 0 Å². The summed E-state index contributed by atoms with van der Waals surface area (Å²) in [6.07, 6.45) is 9.86. The Labute approximate surface area is 131 Å². The third kappa shape index (κ3) is 3.46. The summed E-state index contributed by atoms with van der Waals surface area (Å²) in [7, 11) is 0. The van der Waals surface area contributed by atoms with Gasteiger partial charge < -0.3 is 5.32 Å². The van der Waals surface area contributed by atoms with Crippen LogP contribution in [0, 0.1) is 5.92 Å². The van der Waals surface area contributed by atoms with Crippen LogP contribution in [0.25, 0.3) is 0 Å². The molecule has 1 atom stereocenters. The number of benzene rings is 1. The largest absolute Gasteiger partial charge is 0.311 e. The molecule has 2 saturated carbocycles. The first kappa shape index (κ1) is 14.6. The lowest BCUT2D eigenvalue weighted by Gasteiger charge is -2.40. The predicted octanol–water partition coefficient (Wildman–Crippen LogP) is 5.25. The zero-order valence-electron chi connectivity index (χ0n) is 12.4. The smallest absolute Gasteiger partial charge is 0.0178 e. The van der Waals surface area contributed by atoms with Gasteiger partial charge in [-0.05, 0) is 62.1 Å². The standard InChI is InChI=1S/C18H26BrN/c1-13(14-6-3-2-4-7-14)20-18-11-16(12-18)15-8-5-9-17(19)10-15/h5,8-10,13-14,16,18,20H,2-4,6-7,11-12H2,1H3. The highest BCUT2D eigenvalue weighted by molar-refractivity contribution is 9.10. The zero-order valence-corrected chi connectivity index (χ0v) is 14.0. The molecule has 0 aliphatic heterocycles. The van der Waals surface area contributed by atoms with Crippen LogP contribution >= 0.6 is 15.9 Å². The van der Waals surface area contributed by atoms with Crippen LogP contribution in [0.3, 0.4) is 0 Å². The molecule has 0 heterocycles. The highest BCUT2D eigenvalue weighted by atomic mass is 79.9. The number of hydrogen-bond donors (Lipinski definition) is 1. The Morgan fingerprint density at radius 2 is 1.90 bits per heavy atom. The van der Waals surface area contributed by atoms with Gasteiger partial charge in [0.25, 0.3) is 0 Å². The van der Waals surface area contributed by atoms with Gasteiger partial charge in [0.2, 0.25) is 0 Å². The molecule has 110 valence electrons. The van der Waals surface area contributed by atoms with E-state index in [9.17, 15) is 0 Å². The highest BCUT2D eigenvalue weighted by Crippen LogP contribution is 2.38. The van der Waals surface area contributed by atoms with Gasteiger partial charge in [0, 0.05) is 16.6 Å². The number of rotatable bonds is 4. The van der Waals surface area contributed by atoms with Crippen molar-refractivity contribution < 1.29 is 0 Å². The molecular weight excluding hydrogens is 310 g/mol. The van der Waals surface area contributed by atoms with E-state index >= 15 is 0 Å². The predicted molar refractivity (Wildman–Crippen MR) is 89.1 cm³/mol. The number of hydrogen-bond acceptors (Lipinski definition) is 1. The van der Waals surface area contributed by atoms with Gasteiger partial charge in [-0.2, -0.15) is 0 Å². The molecule has 1 nitrogen and oxygen atoms in total. The second-order valence-electron chi connectivity index (χ2n) is 6.77. The quantitative estimate of drug-likeness (QED) is 0.791. The maximum absolute atomic E-state index is 3.89. The van der Waals surface area contributed by atoms with Crippen molar-refractivity contribution in [3.63, 3.8) is 0 Å². The molecule has 0 amide bonds. The van der Waals surface area contributed by atoms with E-state index in [4.69, 9.17) is 0 Å². The molecule has 2 aliphatic rings. The average molecular weight is 336 g/mol. The molecule has 0 bridgehead atoms. The summed E-state index contributed by atoms with van der Waals surface area (Å²) in [4.78, 5) is 0. The summed E-state index contributed by atoms with van der Waals surface area (Å²) >= 11 is 3.58. The zero-order chi connectivity index (χ0) is 13.9. The van der Waals surface area contributed by atoms with Crippen molar-refractivity contribution in [2.45, 2.75) is 69.9 Å². The third-order valence-electron chi connectivity index (χ3n) is 5.31. The normalized spacial score (nSPS) is 28.9. The third-order valence-corrected chi connectivity index (χ3v) is 5.81. The van der Waals surface area contributed by atoms with Crippen molar-refractivity contribution in [2.75, 3.05) is 0 Å². The van der Waals surface area contributed by atoms with E-state index in [-0.39, 0.29) is 0 Å². The lowest BCUT2D eigenvalue weighted by atomic mass is 9.75. The molecule has 20 heavy (non-hydrogen) atoms. The molecule has 1 aromatic carbocycles. The molecule has 0 aromatic heterocycles. The van der Waals surface area contributed by atoms with E-state index in [0.717, 1.165) is 17.9 Å². The minimum atomic E-state index is 0.712. The summed E-state index contributed by atoms with van der Waals surface area (Å²) < 4.78 is 1.21. The first-order valence-electron chi connectivity index (χ1n) is 8.24. The van der Waals surface area contributed by atoms with Gasteiger partial charge in [0.15, 0.2) is 0 Å². The summed E-state index contributed by atoms with van der Waals surface area (Å²) in [5, 5.41) is 3.89. The van der Waals surface area contributed by atoms with Crippen molar-refractivity contribution in [1.82, 2.24) is 5.32 Å². The topological polar surface area (TPSA) is 12.0 Å². The molecule has 2 heteroatoms. The second-order valence-corrected chi connectivity index (χ2v) is 7.69. The summed E-state index contributed by atoms with van der Waals surface area (Å²) in [6.45, 7) is 2.41. The first-order valence-corrected chi connectivity index (χ1v) is 9.03. The molecule has 0 spiro atoms. The van der Waals surface area contributed by atoms with Gasteiger partial charge in [0.1, 0.15) is 0 Å². The van der Waals surface area contributed by atoms with Crippen molar-refractivity contribution in [1.29, 1.82) is 0 Å². The van der Waals surface area contributed by atoms with Crippen LogP contribution < -0.4 is 5.32 Å². The molecule has 1 aromatic rings. The maximum Gasteiger partial charge on any atom is 0.0178 e. The van der Waals surface area contributed by atoms with Crippen molar-refractivity contribution in [3.05, 3.63) is 34.3 Å². The van der Waals surface area contributed by atoms with Gasteiger partial charge in [-0.25, -0.2) is 0 Å². The fourth-order valence-electron chi connectivity index (χ4n) is 3.93. The molecule has 2 aliphatic carbocycles. The Hall–Kier alpha value is -0.340. The van der Waals surface area contributed by atoms with Crippen LogP contribution in [0.1, 0.15) is 63.4 Å². The first-order chi connectivity index (χ1) is 9.72. The molecule has 3 rings (SSSR count). The van der Waals surface area contributed by atoms with Gasteiger partial charge >= 0.3 is 0 Å². The summed E-state index contributed by atoms with van der Waals surface area (Å²) in [5.41, 5.74) is 1.50. The van der Waals surface area contributed by atoms with Crippen molar-refractivity contribution in [2.24, 2.45) is 5.92 Å². The van der Waals surface area contributed by atoms with Gasteiger partial charge in [-0.1, -0.05) is 47.3 Å². The molecule has 1 N–H and O–H groups in total. The summed E-state index contributed by atoms with van der Waals surface area (Å²) in [6, 6.07) is 10.3. The van der Waals surface area contributed by atoms with Crippen LogP contribution in [-0.2, 0) is 0 Å². The second kappa shape index (κ2) is 6.62. The fraction of sp³-hybridized carbons (Fsp3) is 0.667. The van der Waals surface area contributed by atoms with E-state index in [1.165, 1.54) is 55.0 Å². The minimum absolute atomic E-state index is 0.712. The lowest BCUT2D eigenvalue weighted by Crippen LogP contribution is -2.47. The monoisotopic (exact) mass is 335 g/mol. The van der Waals surface area contributed by atoms with E-state index in [1.807, 2.05) is 0 Å². The van der Waals surface area contributed by atoms with Crippen LogP contribution in [0.5, 0.6) is 0 Å². The molecule has 0 radical (unpaired) electrons. The Morgan fingerprint density at radius 1 is 1.15 bits per heavy atom. The van der Waals surface area contributed by atoms with Crippen LogP contribution in [0.15, 0.2) is 28.7 Å². The Bertz CT molecular complexity index is 433. The van der Waals surface area contributed by atoms with E-state index in [2.05, 4.69) is 52.4 Å².